The second kappa shape index (κ2) is 5.88. The number of nitrogens with one attached hydrogen (secondary N) is 1. The van der Waals surface area contributed by atoms with Crippen molar-refractivity contribution in [3.05, 3.63) is 16.1 Å². The Morgan fingerprint density at radius 2 is 2.18 bits per heavy atom. The van der Waals surface area contributed by atoms with Crippen LogP contribution in [0, 0.1) is 5.41 Å². The van der Waals surface area contributed by atoms with Gasteiger partial charge in [0, 0.05) is 6.54 Å². The molecule has 0 radical (unpaired) electrons. The minimum Gasteiger partial charge on any atom is -0.387 e. The minimum absolute atomic E-state index is 0.176. The van der Waals surface area contributed by atoms with Crippen LogP contribution in [0.2, 0.25) is 0 Å². The molecule has 1 saturated carbocycles. The van der Waals surface area contributed by atoms with E-state index in [0.717, 1.165) is 19.3 Å². The van der Waals surface area contributed by atoms with E-state index in [1.54, 1.807) is 0 Å². The first-order chi connectivity index (χ1) is 10.4. The number of hydrogen-bond acceptors (Lipinski definition) is 6. The van der Waals surface area contributed by atoms with E-state index >= 15 is 0 Å². The van der Waals surface area contributed by atoms with E-state index in [-0.39, 0.29) is 17.9 Å². The van der Waals surface area contributed by atoms with Crippen LogP contribution in [-0.4, -0.2) is 41.4 Å². The summed E-state index contributed by atoms with van der Waals surface area (Å²) in [7, 11) is 0. The van der Waals surface area contributed by atoms with Crippen LogP contribution in [0.4, 0.5) is 0 Å². The molecule has 0 spiro atoms. The zero-order chi connectivity index (χ0) is 15.8. The maximum absolute atomic E-state index is 12.2. The third-order valence-electron chi connectivity index (χ3n) is 4.76. The standard InChI is InChI=1S/C15H22N2O4S/c1-14(2)4-3-5-15(14,19)9-17-11(18)10-8-16-12(22-10)13-20-6-7-21-13/h8,13,19H,3-7,9H2,1-2H3,(H,17,18)/t15-/m1/s1. The molecule has 1 atom stereocenters. The van der Waals surface area contributed by atoms with Crippen molar-refractivity contribution in [2.75, 3.05) is 19.8 Å². The molecule has 2 N–H and O–H groups in total. The predicted octanol–water partition coefficient (Wildman–Crippen LogP) is 1.86. The van der Waals surface area contributed by atoms with E-state index in [1.807, 2.05) is 13.8 Å². The number of thiazole rings is 1. The van der Waals surface area contributed by atoms with Gasteiger partial charge in [-0.25, -0.2) is 4.98 Å². The number of ether oxygens (including phenoxy) is 2. The quantitative estimate of drug-likeness (QED) is 0.883. The number of aromatic nitrogens is 1. The van der Waals surface area contributed by atoms with Crippen molar-refractivity contribution in [3.63, 3.8) is 0 Å². The normalized spacial score (nSPS) is 28.1. The SMILES string of the molecule is CC1(C)CCC[C@@]1(O)CNC(=O)c1cnc(C2OCCO2)s1. The Kier molecular flexibility index (Phi) is 4.24. The summed E-state index contributed by atoms with van der Waals surface area (Å²) < 4.78 is 10.7. The van der Waals surface area contributed by atoms with Gasteiger partial charge in [-0.05, 0) is 24.7 Å². The van der Waals surface area contributed by atoms with Gasteiger partial charge in [-0.1, -0.05) is 13.8 Å². The molecular formula is C15H22N2O4S. The number of amides is 1. The Balaban J connectivity index is 1.60. The molecule has 0 bridgehead atoms. The van der Waals surface area contributed by atoms with Crippen LogP contribution in [0.25, 0.3) is 0 Å². The fourth-order valence-electron chi connectivity index (χ4n) is 3.04. The van der Waals surface area contributed by atoms with Gasteiger partial charge in [-0.2, -0.15) is 0 Å². The van der Waals surface area contributed by atoms with Crippen LogP contribution >= 0.6 is 11.3 Å². The average molecular weight is 326 g/mol. The highest BCUT2D eigenvalue weighted by Crippen LogP contribution is 2.45. The molecule has 7 heteroatoms. The van der Waals surface area contributed by atoms with E-state index in [9.17, 15) is 9.90 Å². The third-order valence-corrected chi connectivity index (χ3v) is 5.78. The molecule has 1 saturated heterocycles. The van der Waals surface area contributed by atoms with E-state index in [1.165, 1.54) is 17.5 Å². The molecule has 2 heterocycles. The summed E-state index contributed by atoms with van der Waals surface area (Å²) in [5.74, 6) is -0.210. The highest BCUT2D eigenvalue weighted by atomic mass is 32.1. The molecular weight excluding hydrogens is 304 g/mol. The molecule has 1 aliphatic carbocycles. The molecule has 3 rings (SSSR count). The van der Waals surface area contributed by atoms with Gasteiger partial charge in [0.2, 0.25) is 6.29 Å². The summed E-state index contributed by atoms with van der Waals surface area (Å²) in [4.78, 5) is 16.9. The van der Waals surface area contributed by atoms with Crippen LogP contribution in [0.5, 0.6) is 0 Å². The van der Waals surface area contributed by atoms with Crippen molar-refractivity contribution in [1.82, 2.24) is 10.3 Å². The lowest BCUT2D eigenvalue weighted by atomic mass is 9.78. The topological polar surface area (TPSA) is 80.7 Å². The van der Waals surface area contributed by atoms with Crippen molar-refractivity contribution < 1.29 is 19.4 Å². The van der Waals surface area contributed by atoms with Gasteiger partial charge < -0.3 is 19.9 Å². The lowest BCUT2D eigenvalue weighted by molar-refractivity contribution is -0.0442. The zero-order valence-electron chi connectivity index (χ0n) is 12.9. The van der Waals surface area contributed by atoms with Gasteiger partial charge >= 0.3 is 0 Å². The lowest BCUT2D eigenvalue weighted by Gasteiger charge is -2.36. The maximum Gasteiger partial charge on any atom is 0.263 e. The average Bonchev–Trinajstić information content (AvgIpc) is 3.17. The number of carbonyl (C=O) groups is 1. The largest absolute Gasteiger partial charge is 0.387 e. The molecule has 22 heavy (non-hydrogen) atoms. The van der Waals surface area contributed by atoms with Crippen LogP contribution < -0.4 is 5.32 Å². The minimum atomic E-state index is -0.839. The van der Waals surface area contributed by atoms with E-state index < -0.39 is 11.9 Å². The first kappa shape index (κ1) is 15.9. The second-order valence-electron chi connectivity index (χ2n) is 6.59. The molecule has 2 fully saturated rings. The first-order valence-corrected chi connectivity index (χ1v) is 8.42. The fourth-order valence-corrected chi connectivity index (χ4v) is 3.87. The summed E-state index contributed by atoms with van der Waals surface area (Å²) in [6, 6.07) is 0. The molecule has 1 aliphatic heterocycles. The molecule has 6 nitrogen and oxygen atoms in total. The van der Waals surface area contributed by atoms with Gasteiger partial charge in [0.15, 0.2) is 0 Å². The molecule has 122 valence electrons. The van der Waals surface area contributed by atoms with Crippen LogP contribution in [0.15, 0.2) is 6.20 Å². The van der Waals surface area contributed by atoms with Crippen molar-refractivity contribution in [2.24, 2.45) is 5.41 Å². The molecule has 1 amide bonds. The Morgan fingerprint density at radius 3 is 2.82 bits per heavy atom. The zero-order valence-corrected chi connectivity index (χ0v) is 13.7. The molecule has 2 aliphatic rings. The monoisotopic (exact) mass is 326 g/mol. The van der Waals surface area contributed by atoms with Crippen LogP contribution in [0.1, 0.15) is 54.1 Å². The highest BCUT2D eigenvalue weighted by molar-refractivity contribution is 7.13. The van der Waals surface area contributed by atoms with Gasteiger partial charge in [0.05, 0.1) is 25.0 Å². The number of aliphatic hydroxyl groups is 1. The van der Waals surface area contributed by atoms with Crippen molar-refractivity contribution in [1.29, 1.82) is 0 Å². The van der Waals surface area contributed by atoms with Crippen LogP contribution in [-0.2, 0) is 9.47 Å². The second-order valence-corrected chi connectivity index (χ2v) is 7.65. The number of hydrogen-bond donors (Lipinski definition) is 2. The molecule has 1 aromatic rings. The van der Waals surface area contributed by atoms with Gasteiger partial charge in [0.25, 0.3) is 5.91 Å². The van der Waals surface area contributed by atoms with Gasteiger partial charge in [-0.3, -0.25) is 4.79 Å². The van der Waals surface area contributed by atoms with E-state index in [4.69, 9.17) is 9.47 Å². The highest BCUT2D eigenvalue weighted by Gasteiger charge is 2.47. The molecule has 1 aromatic heterocycles. The molecule has 0 unspecified atom stereocenters. The van der Waals surface area contributed by atoms with Gasteiger partial charge in [-0.15, -0.1) is 11.3 Å². The Morgan fingerprint density at radius 1 is 1.45 bits per heavy atom. The van der Waals surface area contributed by atoms with Gasteiger partial charge in [0.1, 0.15) is 9.88 Å². The Bertz CT molecular complexity index is 553. The number of nitrogens with zero attached hydrogens (tertiary/aromatic N) is 1. The van der Waals surface area contributed by atoms with Crippen molar-refractivity contribution in [3.8, 4) is 0 Å². The van der Waals surface area contributed by atoms with E-state index in [2.05, 4.69) is 10.3 Å². The summed E-state index contributed by atoms with van der Waals surface area (Å²) in [6.07, 6.45) is 3.76. The summed E-state index contributed by atoms with van der Waals surface area (Å²) in [5.41, 5.74) is -1.02. The summed E-state index contributed by atoms with van der Waals surface area (Å²) in [6.45, 7) is 5.46. The summed E-state index contributed by atoms with van der Waals surface area (Å²) >= 11 is 1.26. The Hall–Kier alpha value is -1.02. The predicted molar refractivity (Wildman–Crippen MR) is 81.7 cm³/mol. The fraction of sp³-hybridized carbons (Fsp3) is 0.733. The Labute approximate surface area is 133 Å². The van der Waals surface area contributed by atoms with Crippen molar-refractivity contribution in [2.45, 2.75) is 45.0 Å². The summed E-state index contributed by atoms with van der Waals surface area (Å²) in [5, 5.41) is 14.2. The van der Waals surface area contributed by atoms with Crippen LogP contribution in [0.3, 0.4) is 0 Å². The van der Waals surface area contributed by atoms with Crippen molar-refractivity contribution >= 4 is 17.2 Å². The maximum atomic E-state index is 12.2. The third kappa shape index (κ3) is 2.90. The first-order valence-electron chi connectivity index (χ1n) is 7.61. The smallest absolute Gasteiger partial charge is 0.263 e. The number of carbonyl (C=O) groups excluding carboxylic acids is 1. The molecule has 0 aromatic carbocycles. The number of rotatable bonds is 4. The van der Waals surface area contributed by atoms with E-state index in [0.29, 0.717) is 23.1 Å². The lowest BCUT2D eigenvalue weighted by Crippen LogP contribution is -2.49.